The van der Waals surface area contributed by atoms with Crippen molar-refractivity contribution in [2.24, 2.45) is 0 Å². The number of anilines is 1. The Labute approximate surface area is 217 Å². The molecule has 3 heterocycles. The van der Waals surface area contributed by atoms with Crippen molar-refractivity contribution in [2.75, 3.05) is 51.8 Å². The van der Waals surface area contributed by atoms with Crippen LogP contribution < -0.4 is 14.4 Å². The normalized spacial score (nSPS) is 15.3. The Hall–Kier alpha value is -3.72. The first-order valence-corrected chi connectivity index (χ1v) is 13.0. The summed E-state index contributed by atoms with van der Waals surface area (Å²) >= 11 is 0. The number of fused-ring (bicyclic) bond motifs is 1. The third kappa shape index (κ3) is 5.09. The first-order valence-electron chi connectivity index (χ1n) is 13.0. The Bertz CT molecular complexity index is 1310. The van der Waals surface area contributed by atoms with E-state index in [9.17, 15) is 5.11 Å². The fourth-order valence-electron chi connectivity index (χ4n) is 5.36. The predicted octanol–water partition coefficient (Wildman–Crippen LogP) is 4.17. The van der Waals surface area contributed by atoms with Crippen molar-refractivity contribution in [3.63, 3.8) is 0 Å². The Morgan fingerprint density at radius 3 is 2.51 bits per heavy atom. The van der Waals surface area contributed by atoms with Gasteiger partial charge in [0.1, 0.15) is 12.7 Å². The molecule has 0 spiro atoms. The second-order valence-corrected chi connectivity index (χ2v) is 9.45. The van der Waals surface area contributed by atoms with E-state index in [1.165, 1.54) is 5.69 Å². The predicted molar refractivity (Wildman–Crippen MR) is 145 cm³/mol. The lowest BCUT2D eigenvalue weighted by Crippen LogP contribution is -2.46. The number of aryl methyl sites for hydroxylation is 1. The molecule has 1 aliphatic heterocycles. The van der Waals surface area contributed by atoms with Gasteiger partial charge in [0.25, 0.3) is 0 Å². The number of aromatic hydroxyl groups is 1. The van der Waals surface area contributed by atoms with Crippen LogP contribution in [0.5, 0.6) is 17.4 Å². The SMILES string of the molecule is CCN1CCN(c2cccc3c(O)n([C@H](CCCn4cncn4)c4ccc(OC)c(OC)c4)cc23)CC1. The molecular weight excluding hydrogens is 468 g/mol. The van der Waals surface area contributed by atoms with Gasteiger partial charge in [-0.15, -0.1) is 0 Å². The zero-order valence-corrected chi connectivity index (χ0v) is 21.9. The Morgan fingerprint density at radius 2 is 1.81 bits per heavy atom. The Morgan fingerprint density at radius 1 is 1.00 bits per heavy atom. The molecule has 0 bridgehead atoms. The minimum absolute atomic E-state index is 0.0967. The van der Waals surface area contributed by atoms with Gasteiger partial charge in [-0.2, -0.15) is 5.10 Å². The lowest BCUT2D eigenvalue weighted by Gasteiger charge is -2.35. The minimum Gasteiger partial charge on any atom is -0.494 e. The van der Waals surface area contributed by atoms with Crippen LogP contribution in [-0.4, -0.2) is 76.3 Å². The molecule has 1 atom stereocenters. The monoisotopic (exact) mass is 504 g/mol. The van der Waals surface area contributed by atoms with E-state index in [-0.39, 0.29) is 11.9 Å². The summed E-state index contributed by atoms with van der Waals surface area (Å²) in [5, 5.41) is 17.7. The van der Waals surface area contributed by atoms with Gasteiger partial charge in [-0.3, -0.25) is 4.68 Å². The summed E-state index contributed by atoms with van der Waals surface area (Å²) in [5.74, 6) is 1.64. The molecule has 0 unspecified atom stereocenters. The highest BCUT2D eigenvalue weighted by Gasteiger charge is 2.24. The smallest absolute Gasteiger partial charge is 0.199 e. The van der Waals surface area contributed by atoms with Crippen LogP contribution in [0, 0.1) is 0 Å². The van der Waals surface area contributed by atoms with Crippen LogP contribution in [-0.2, 0) is 6.54 Å². The summed E-state index contributed by atoms with van der Waals surface area (Å²) in [7, 11) is 3.28. The van der Waals surface area contributed by atoms with Gasteiger partial charge in [0.2, 0.25) is 0 Å². The fourth-order valence-corrected chi connectivity index (χ4v) is 5.36. The first kappa shape index (κ1) is 25.0. The van der Waals surface area contributed by atoms with E-state index in [1.54, 1.807) is 26.9 Å². The number of ether oxygens (including phenoxy) is 2. The highest BCUT2D eigenvalue weighted by Crippen LogP contribution is 2.40. The summed E-state index contributed by atoms with van der Waals surface area (Å²) in [4.78, 5) is 8.97. The quantitative estimate of drug-likeness (QED) is 0.347. The number of methoxy groups -OCH3 is 2. The summed E-state index contributed by atoms with van der Waals surface area (Å²) in [6, 6.07) is 12.1. The van der Waals surface area contributed by atoms with Crippen molar-refractivity contribution in [1.29, 1.82) is 0 Å². The average Bonchev–Trinajstić information content (AvgIpc) is 3.58. The van der Waals surface area contributed by atoms with E-state index in [4.69, 9.17) is 9.47 Å². The molecule has 5 rings (SSSR count). The fraction of sp³-hybridized carbons (Fsp3) is 0.429. The van der Waals surface area contributed by atoms with Gasteiger partial charge < -0.3 is 28.9 Å². The topological polar surface area (TPSA) is 80.8 Å². The van der Waals surface area contributed by atoms with Crippen LogP contribution in [0.25, 0.3) is 10.8 Å². The molecule has 1 aliphatic rings. The molecule has 2 aromatic carbocycles. The molecule has 9 nitrogen and oxygen atoms in total. The number of hydrogen-bond donors (Lipinski definition) is 1. The van der Waals surface area contributed by atoms with Crippen molar-refractivity contribution >= 4 is 16.5 Å². The second-order valence-electron chi connectivity index (χ2n) is 9.45. The van der Waals surface area contributed by atoms with Gasteiger partial charge >= 0.3 is 0 Å². The molecule has 0 saturated carbocycles. The van der Waals surface area contributed by atoms with Gasteiger partial charge in [0.15, 0.2) is 17.4 Å². The van der Waals surface area contributed by atoms with Crippen molar-refractivity contribution in [1.82, 2.24) is 24.2 Å². The van der Waals surface area contributed by atoms with Crippen LogP contribution >= 0.6 is 0 Å². The number of hydrogen-bond acceptors (Lipinski definition) is 7. The molecule has 9 heteroatoms. The molecular formula is C28H36N6O3. The molecule has 0 radical (unpaired) electrons. The van der Waals surface area contributed by atoms with Crippen LogP contribution in [0.2, 0.25) is 0 Å². The van der Waals surface area contributed by atoms with Gasteiger partial charge in [0.05, 0.1) is 20.3 Å². The number of likely N-dealkylation sites (N-methyl/N-ethyl adjacent to an activating group) is 1. The Kier molecular flexibility index (Phi) is 7.50. The summed E-state index contributed by atoms with van der Waals surface area (Å²) < 4.78 is 14.9. The highest BCUT2D eigenvalue weighted by molar-refractivity contribution is 5.98. The molecule has 4 aromatic rings. The summed E-state index contributed by atoms with van der Waals surface area (Å²) in [6.07, 6.45) is 7.06. The van der Waals surface area contributed by atoms with E-state index < -0.39 is 0 Å². The largest absolute Gasteiger partial charge is 0.494 e. The number of piperazine rings is 1. The molecule has 1 N–H and O–H groups in total. The van der Waals surface area contributed by atoms with Crippen LogP contribution in [0.15, 0.2) is 55.2 Å². The van der Waals surface area contributed by atoms with Crippen molar-refractivity contribution in [3.05, 3.63) is 60.8 Å². The molecule has 0 aliphatic carbocycles. The third-order valence-electron chi connectivity index (χ3n) is 7.46. The Balaban J connectivity index is 1.51. The van der Waals surface area contributed by atoms with Crippen molar-refractivity contribution in [2.45, 2.75) is 32.4 Å². The summed E-state index contributed by atoms with van der Waals surface area (Å²) in [5.41, 5.74) is 2.22. The molecule has 37 heavy (non-hydrogen) atoms. The minimum atomic E-state index is -0.0967. The maximum atomic E-state index is 11.5. The van der Waals surface area contributed by atoms with E-state index in [2.05, 4.69) is 45.1 Å². The molecule has 2 aromatic heterocycles. The van der Waals surface area contributed by atoms with Crippen LogP contribution in [0.4, 0.5) is 5.69 Å². The third-order valence-corrected chi connectivity index (χ3v) is 7.46. The van der Waals surface area contributed by atoms with E-state index >= 15 is 0 Å². The number of aromatic nitrogens is 4. The van der Waals surface area contributed by atoms with Gasteiger partial charge in [-0.25, -0.2) is 4.98 Å². The molecule has 196 valence electrons. The molecule has 1 saturated heterocycles. The number of rotatable bonds is 10. The van der Waals surface area contributed by atoms with Crippen molar-refractivity contribution < 1.29 is 14.6 Å². The molecule has 1 fully saturated rings. The van der Waals surface area contributed by atoms with Crippen LogP contribution in [0.1, 0.15) is 31.4 Å². The van der Waals surface area contributed by atoms with Gasteiger partial charge in [0, 0.05) is 55.4 Å². The maximum Gasteiger partial charge on any atom is 0.199 e. The van der Waals surface area contributed by atoms with Crippen molar-refractivity contribution in [3.8, 4) is 17.4 Å². The first-order chi connectivity index (χ1) is 18.1. The number of nitrogens with zero attached hydrogens (tertiary/aromatic N) is 6. The van der Waals surface area contributed by atoms with Gasteiger partial charge in [-0.1, -0.05) is 19.1 Å². The lowest BCUT2D eigenvalue weighted by atomic mass is 10.0. The van der Waals surface area contributed by atoms with E-state index in [0.29, 0.717) is 11.5 Å². The average molecular weight is 505 g/mol. The summed E-state index contributed by atoms with van der Waals surface area (Å²) in [6.45, 7) is 8.11. The zero-order chi connectivity index (χ0) is 25.8. The standard InChI is InChI=1S/C28H36N6O3/c1-4-31-13-15-32(16-14-31)25-8-5-7-22-23(25)18-34(28(22)35)24(9-6-12-33-20-29-19-30-33)21-10-11-26(36-2)27(17-21)37-3/h5,7-8,10-11,17-20,24,35H,4,6,9,12-16H2,1-3H3/t24-/m1/s1. The van der Waals surface area contributed by atoms with E-state index in [0.717, 1.165) is 68.4 Å². The maximum absolute atomic E-state index is 11.5. The van der Waals surface area contributed by atoms with Gasteiger partial charge in [-0.05, 0) is 49.2 Å². The van der Waals surface area contributed by atoms with Crippen LogP contribution in [0.3, 0.4) is 0 Å². The van der Waals surface area contributed by atoms with E-state index in [1.807, 2.05) is 33.5 Å². The number of benzene rings is 2. The lowest BCUT2D eigenvalue weighted by molar-refractivity contribution is 0.271. The zero-order valence-electron chi connectivity index (χ0n) is 21.9. The molecule has 0 amide bonds. The highest BCUT2D eigenvalue weighted by atomic mass is 16.5. The second kappa shape index (κ2) is 11.1.